The van der Waals surface area contributed by atoms with Crippen LogP contribution in [0.5, 0.6) is 0 Å². The third-order valence-corrected chi connectivity index (χ3v) is 2.87. The van der Waals surface area contributed by atoms with Crippen molar-refractivity contribution < 1.29 is 9.90 Å². The Kier molecular flexibility index (Phi) is 3.20. The molecule has 90 valence electrons. The lowest BCUT2D eigenvalue weighted by atomic mass is 10.0. The molecular weight excluding hydrogens is 226 g/mol. The van der Waals surface area contributed by atoms with Gasteiger partial charge in [-0.25, -0.2) is 4.79 Å². The number of anilines is 1. The zero-order valence-corrected chi connectivity index (χ0v) is 10.1. The molecule has 0 saturated heterocycles. The van der Waals surface area contributed by atoms with Crippen molar-refractivity contribution in [3.63, 3.8) is 0 Å². The molecule has 0 aromatic heterocycles. The first kappa shape index (κ1) is 12.0. The minimum Gasteiger partial charge on any atom is -0.478 e. The Morgan fingerprint density at radius 2 is 1.94 bits per heavy atom. The van der Waals surface area contributed by atoms with Crippen LogP contribution in [0.2, 0.25) is 0 Å². The summed E-state index contributed by atoms with van der Waals surface area (Å²) >= 11 is 0. The lowest BCUT2D eigenvalue weighted by molar-refractivity contribution is 0.0699. The van der Waals surface area contributed by atoms with E-state index in [0.29, 0.717) is 12.1 Å². The maximum atomic E-state index is 11.2. The fourth-order valence-corrected chi connectivity index (χ4v) is 2.02. The standard InChI is InChI=1S/C15H13NO2/c1-3-10-16(2)14-9-8-13(15(17)18)11-6-4-5-7-12(11)14/h1,4-9H,10H2,2H3,(H,17,18). The van der Waals surface area contributed by atoms with Gasteiger partial charge in [-0.15, -0.1) is 6.42 Å². The highest BCUT2D eigenvalue weighted by Crippen LogP contribution is 2.28. The van der Waals surface area contributed by atoms with Gasteiger partial charge in [-0.05, 0) is 17.5 Å². The van der Waals surface area contributed by atoms with Crippen molar-refractivity contribution in [2.45, 2.75) is 0 Å². The van der Waals surface area contributed by atoms with E-state index in [0.717, 1.165) is 16.5 Å². The van der Waals surface area contributed by atoms with Crippen molar-refractivity contribution in [2.75, 3.05) is 18.5 Å². The van der Waals surface area contributed by atoms with Crippen LogP contribution in [-0.2, 0) is 0 Å². The zero-order chi connectivity index (χ0) is 13.1. The molecule has 2 aromatic rings. The number of fused-ring (bicyclic) bond motifs is 1. The molecule has 0 spiro atoms. The predicted octanol–water partition coefficient (Wildman–Crippen LogP) is 2.61. The summed E-state index contributed by atoms with van der Waals surface area (Å²) in [5.41, 5.74) is 1.25. The zero-order valence-electron chi connectivity index (χ0n) is 10.1. The lowest BCUT2D eigenvalue weighted by Gasteiger charge is -2.19. The number of rotatable bonds is 3. The summed E-state index contributed by atoms with van der Waals surface area (Å²) < 4.78 is 0. The fraction of sp³-hybridized carbons (Fsp3) is 0.133. The molecule has 2 aromatic carbocycles. The summed E-state index contributed by atoms with van der Waals surface area (Å²) in [7, 11) is 1.89. The molecule has 0 bridgehead atoms. The van der Waals surface area contributed by atoms with E-state index in [4.69, 9.17) is 11.5 Å². The quantitative estimate of drug-likeness (QED) is 0.837. The Morgan fingerprint density at radius 1 is 1.28 bits per heavy atom. The molecule has 0 amide bonds. The molecular formula is C15H13NO2. The number of aromatic carboxylic acids is 1. The van der Waals surface area contributed by atoms with Gasteiger partial charge in [0.2, 0.25) is 0 Å². The van der Waals surface area contributed by atoms with Crippen LogP contribution in [0.15, 0.2) is 36.4 Å². The molecule has 3 heteroatoms. The van der Waals surface area contributed by atoms with Crippen molar-refractivity contribution >= 4 is 22.4 Å². The van der Waals surface area contributed by atoms with E-state index in [1.807, 2.05) is 36.2 Å². The Hall–Kier alpha value is -2.47. The molecule has 0 unspecified atom stereocenters. The molecule has 0 fully saturated rings. The Morgan fingerprint density at radius 3 is 2.56 bits per heavy atom. The number of terminal acetylenes is 1. The number of hydrogen-bond acceptors (Lipinski definition) is 2. The predicted molar refractivity (Wildman–Crippen MR) is 73.0 cm³/mol. The topological polar surface area (TPSA) is 40.5 Å². The first-order chi connectivity index (χ1) is 8.65. The molecule has 0 aliphatic heterocycles. The molecule has 2 rings (SSSR count). The van der Waals surface area contributed by atoms with Gasteiger partial charge < -0.3 is 10.0 Å². The van der Waals surface area contributed by atoms with Gasteiger partial charge in [0.1, 0.15) is 0 Å². The second-order valence-corrected chi connectivity index (χ2v) is 4.04. The Labute approximate surface area is 106 Å². The largest absolute Gasteiger partial charge is 0.478 e. The highest BCUT2D eigenvalue weighted by atomic mass is 16.4. The Bertz CT molecular complexity index is 640. The molecule has 0 aliphatic rings. The van der Waals surface area contributed by atoms with Crippen LogP contribution in [-0.4, -0.2) is 24.7 Å². The average molecular weight is 239 g/mol. The summed E-state index contributed by atoms with van der Waals surface area (Å²) in [4.78, 5) is 13.1. The summed E-state index contributed by atoms with van der Waals surface area (Å²) in [6.07, 6.45) is 5.30. The van der Waals surface area contributed by atoms with E-state index in [1.54, 1.807) is 12.1 Å². The van der Waals surface area contributed by atoms with E-state index in [2.05, 4.69) is 5.92 Å². The van der Waals surface area contributed by atoms with Gasteiger partial charge in [0.15, 0.2) is 0 Å². The van der Waals surface area contributed by atoms with E-state index < -0.39 is 5.97 Å². The minimum absolute atomic E-state index is 0.309. The number of carboxylic acid groups (broad SMARTS) is 1. The smallest absolute Gasteiger partial charge is 0.336 e. The summed E-state index contributed by atoms with van der Waals surface area (Å²) in [5.74, 6) is 1.66. The number of benzene rings is 2. The maximum absolute atomic E-state index is 11.2. The fourth-order valence-electron chi connectivity index (χ4n) is 2.02. The second-order valence-electron chi connectivity index (χ2n) is 4.04. The van der Waals surface area contributed by atoms with Crippen LogP contribution < -0.4 is 4.90 Å². The molecule has 18 heavy (non-hydrogen) atoms. The average Bonchev–Trinajstić information content (AvgIpc) is 2.37. The van der Waals surface area contributed by atoms with Crippen molar-refractivity contribution in [1.29, 1.82) is 0 Å². The van der Waals surface area contributed by atoms with Gasteiger partial charge in [0.05, 0.1) is 12.1 Å². The van der Waals surface area contributed by atoms with Crippen molar-refractivity contribution in [2.24, 2.45) is 0 Å². The Balaban J connectivity index is 2.69. The van der Waals surface area contributed by atoms with Gasteiger partial charge >= 0.3 is 5.97 Å². The molecule has 0 heterocycles. The minimum atomic E-state index is -0.919. The van der Waals surface area contributed by atoms with E-state index in [-0.39, 0.29) is 0 Å². The van der Waals surface area contributed by atoms with Crippen LogP contribution in [0.4, 0.5) is 5.69 Å². The van der Waals surface area contributed by atoms with Crippen LogP contribution in [0.3, 0.4) is 0 Å². The van der Waals surface area contributed by atoms with Crippen LogP contribution in [0, 0.1) is 12.3 Å². The van der Waals surface area contributed by atoms with Gasteiger partial charge in [-0.1, -0.05) is 30.2 Å². The summed E-state index contributed by atoms with van der Waals surface area (Å²) in [6, 6.07) is 10.9. The maximum Gasteiger partial charge on any atom is 0.336 e. The molecule has 0 atom stereocenters. The molecule has 0 radical (unpaired) electrons. The van der Waals surface area contributed by atoms with Gasteiger partial charge in [0.25, 0.3) is 0 Å². The van der Waals surface area contributed by atoms with E-state index in [1.165, 1.54) is 0 Å². The third-order valence-electron chi connectivity index (χ3n) is 2.87. The number of hydrogen-bond donors (Lipinski definition) is 1. The molecule has 1 N–H and O–H groups in total. The van der Waals surface area contributed by atoms with Crippen LogP contribution >= 0.6 is 0 Å². The first-order valence-corrected chi connectivity index (χ1v) is 5.55. The first-order valence-electron chi connectivity index (χ1n) is 5.55. The number of nitrogens with zero attached hydrogens (tertiary/aromatic N) is 1. The van der Waals surface area contributed by atoms with Crippen LogP contribution in [0.1, 0.15) is 10.4 Å². The SMILES string of the molecule is C#CCN(C)c1ccc(C(=O)O)c2ccccc12. The van der Waals surface area contributed by atoms with Gasteiger partial charge in [-0.3, -0.25) is 0 Å². The molecule has 0 saturated carbocycles. The summed E-state index contributed by atoms with van der Waals surface area (Å²) in [5, 5.41) is 10.8. The number of carbonyl (C=O) groups is 1. The van der Waals surface area contributed by atoms with E-state index in [9.17, 15) is 4.79 Å². The normalized spacial score (nSPS) is 10.0. The monoisotopic (exact) mass is 239 g/mol. The number of carboxylic acids is 1. The van der Waals surface area contributed by atoms with Gasteiger partial charge in [0, 0.05) is 18.1 Å². The molecule has 3 nitrogen and oxygen atoms in total. The highest BCUT2D eigenvalue weighted by Gasteiger charge is 2.12. The van der Waals surface area contributed by atoms with Gasteiger partial charge in [-0.2, -0.15) is 0 Å². The highest BCUT2D eigenvalue weighted by molar-refractivity contribution is 6.07. The van der Waals surface area contributed by atoms with Crippen LogP contribution in [0.25, 0.3) is 10.8 Å². The van der Waals surface area contributed by atoms with Crippen molar-refractivity contribution in [3.05, 3.63) is 42.0 Å². The summed E-state index contributed by atoms with van der Waals surface area (Å²) in [6.45, 7) is 0.483. The van der Waals surface area contributed by atoms with E-state index >= 15 is 0 Å². The lowest BCUT2D eigenvalue weighted by Crippen LogP contribution is -2.17. The third kappa shape index (κ3) is 2.01. The molecule has 0 aliphatic carbocycles. The van der Waals surface area contributed by atoms with Crippen molar-refractivity contribution in [1.82, 2.24) is 0 Å². The van der Waals surface area contributed by atoms with Crippen molar-refractivity contribution in [3.8, 4) is 12.3 Å². The second kappa shape index (κ2) is 4.80.